The second kappa shape index (κ2) is 12.4. The molecule has 0 aromatic carbocycles. The molecular formula is C24H35NO5. The summed E-state index contributed by atoms with van der Waals surface area (Å²) in [5, 5.41) is 32.6. The first kappa shape index (κ1) is 25.8. The molecule has 0 fully saturated rings. The van der Waals surface area contributed by atoms with E-state index in [1.165, 1.54) is 6.92 Å². The van der Waals surface area contributed by atoms with Crippen LogP contribution in [-0.2, 0) is 9.59 Å². The Balaban J connectivity index is 3.30. The molecule has 0 saturated heterocycles. The van der Waals surface area contributed by atoms with Gasteiger partial charge in [-0.3, -0.25) is 9.59 Å². The summed E-state index contributed by atoms with van der Waals surface area (Å²) in [5.74, 6) is -1.30. The molecule has 0 heterocycles. The van der Waals surface area contributed by atoms with Crippen molar-refractivity contribution in [3.05, 3.63) is 59.3 Å². The molecule has 6 nitrogen and oxygen atoms in total. The maximum absolute atomic E-state index is 12.9. The summed E-state index contributed by atoms with van der Waals surface area (Å²) >= 11 is 0. The largest absolute Gasteiger partial charge is 0.389 e. The van der Waals surface area contributed by atoms with Gasteiger partial charge in [0.1, 0.15) is 6.10 Å². The maximum atomic E-state index is 12.9. The van der Waals surface area contributed by atoms with Crippen molar-refractivity contribution in [1.29, 1.82) is 0 Å². The lowest BCUT2D eigenvalue weighted by molar-refractivity contribution is -0.129. The van der Waals surface area contributed by atoms with Crippen molar-refractivity contribution in [2.45, 2.75) is 71.8 Å². The minimum absolute atomic E-state index is 0.157. The number of ketones is 1. The standard InChI is InChI=1S/C24H35NO5/c1-15-6-10-20(27)12-8-16(2)14-22(25-24(30)19(5)26)18(4)23(29)17(3)9-13-21(28)11-7-15/h6-9,11-12,14,18-22,26-28H,10,13H2,1-5H3,(H,25,30)/b11-7+,12-8+,15-6+,16-14+,17-9+/t18-,19?,20-,21+,22+/m0/s1. The summed E-state index contributed by atoms with van der Waals surface area (Å²) in [6.07, 6.45) is 10.2. The first-order valence-electron chi connectivity index (χ1n) is 10.3. The van der Waals surface area contributed by atoms with E-state index in [4.69, 9.17) is 0 Å². The molecule has 1 aliphatic carbocycles. The van der Waals surface area contributed by atoms with Crippen molar-refractivity contribution >= 4 is 11.7 Å². The highest BCUT2D eigenvalue weighted by atomic mass is 16.3. The van der Waals surface area contributed by atoms with Crippen LogP contribution in [0.25, 0.3) is 0 Å². The van der Waals surface area contributed by atoms with E-state index < -0.39 is 36.2 Å². The fourth-order valence-corrected chi connectivity index (χ4v) is 2.91. The molecule has 5 atom stereocenters. The van der Waals surface area contributed by atoms with E-state index >= 15 is 0 Å². The molecule has 1 rings (SSSR count). The predicted octanol–water partition coefficient (Wildman–Crippen LogP) is 2.52. The summed E-state index contributed by atoms with van der Waals surface area (Å²) in [6, 6.07) is -0.632. The lowest BCUT2D eigenvalue weighted by Crippen LogP contribution is -2.45. The number of amides is 1. The zero-order valence-corrected chi connectivity index (χ0v) is 18.5. The van der Waals surface area contributed by atoms with E-state index in [9.17, 15) is 24.9 Å². The third kappa shape index (κ3) is 9.03. The van der Waals surface area contributed by atoms with Crippen molar-refractivity contribution in [2.24, 2.45) is 5.92 Å². The Kier molecular flexibility index (Phi) is 10.7. The van der Waals surface area contributed by atoms with E-state index in [0.717, 1.165) is 11.1 Å². The number of carbonyl (C=O) groups is 2. The van der Waals surface area contributed by atoms with Crippen LogP contribution in [0, 0.1) is 5.92 Å². The van der Waals surface area contributed by atoms with Crippen LogP contribution in [-0.4, -0.2) is 51.4 Å². The molecule has 1 unspecified atom stereocenters. The summed E-state index contributed by atoms with van der Waals surface area (Å²) in [6.45, 7) is 8.48. The average Bonchev–Trinajstić information content (AvgIpc) is 2.70. The Bertz CT molecular complexity index is 758. The number of aliphatic hydroxyl groups excluding tert-OH is 3. The molecular weight excluding hydrogens is 382 g/mol. The third-order valence-electron chi connectivity index (χ3n) is 4.98. The first-order chi connectivity index (χ1) is 14.0. The summed E-state index contributed by atoms with van der Waals surface area (Å²) in [4.78, 5) is 24.9. The Hall–Kier alpha value is -2.28. The van der Waals surface area contributed by atoms with E-state index in [-0.39, 0.29) is 12.2 Å². The van der Waals surface area contributed by atoms with Gasteiger partial charge in [0.05, 0.1) is 18.2 Å². The molecule has 6 heteroatoms. The Morgan fingerprint density at radius 3 is 2.13 bits per heavy atom. The van der Waals surface area contributed by atoms with E-state index in [2.05, 4.69) is 5.32 Å². The second-order valence-electron chi connectivity index (χ2n) is 7.93. The Morgan fingerprint density at radius 2 is 1.57 bits per heavy atom. The third-order valence-corrected chi connectivity index (χ3v) is 4.98. The van der Waals surface area contributed by atoms with Gasteiger partial charge in [0.15, 0.2) is 5.78 Å². The fourth-order valence-electron chi connectivity index (χ4n) is 2.91. The smallest absolute Gasteiger partial charge is 0.249 e. The van der Waals surface area contributed by atoms with E-state index in [0.29, 0.717) is 12.0 Å². The molecule has 0 aromatic rings. The van der Waals surface area contributed by atoms with Gasteiger partial charge in [-0.15, -0.1) is 0 Å². The average molecular weight is 418 g/mol. The Morgan fingerprint density at radius 1 is 1.03 bits per heavy atom. The number of aliphatic hydroxyl groups is 3. The van der Waals surface area contributed by atoms with Crippen LogP contribution in [0.3, 0.4) is 0 Å². The number of carbonyl (C=O) groups excluding carboxylic acids is 2. The first-order valence-corrected chi connectivity index (χ1v) is 10.3. The molecule has 166 valence electrons. The van der Waals surface area contributed by atoms with Gasteiger partial charge in [-0.05, 0) is 46.1 Å². The molecule has 30 heavy (non-hydrogen) atoms. The van der Waals surface area contributed by atoms with Gasteiger partial charge < -0.3 is 20.6 Å². The zero-order chi connectivity index (χ0) is 22.8. The van der Waals surface area contributed by atoms with Crippen LogP contribution in [0.5, 0.6) is 0 Å². The number of Topliss-reactive ketones (excluding diaryl/α,β-unsaturated/α-hetero) is 1. The molecule has 0 aliphatic heterocycles. The van der Waals surface area contributed by atoms with Crippen LogP contribution in [0.1, 0.15) is 47.5 Å². The van der Waals surface area contributed by atoms with Gasteiger partial charge >= 0.3 is 0 Å². The second-order valence-corrected chi connectivity index (χ2v) is 7.93. The SMILES string of the molecule is CC1=C\C[C@H](O)/C=C/C(C)=C/[C@@H](NC(=O)C(C)O)[C@H](C)C(=O)/C(C)=C/C[C@H](O)\C=C\1. The number of hydrogen-bond acceptors (Lipinski definition) is 5. The minimum Gasteiger partial charge on any atom is -0.389 e. The van der Waals surface area contributed by atoms with Crippen LogP contribution < -0.4 is 5.32 Å². The highest BCUT2D eigenvalue weighted by molar-refractivity contribution is 5.97. The van der Waals surface area contributed by atoms with Crippen molar-refractivity contribution in [3.63, 3.8) is 0 Å². The van der Waals surface area contributed by atoms with Crippen molar-refractivity contribution in [2.75, 3.05) is 0 Å². The maximum Gasteiger partial charge on any atom is 0.249 e. The summed E-state index contributed by atoms with van der Waals surface area (Å²) < 4.78 is 0. The van der Waals surface area contributed by atoms with Crippen molar-refractivity contribution in [3.8, 4) is 0 Å². The van der Waals surface area contributed by atoms with Crippen LogP contribution in [0.15, 0.2) is 59.3 Å². The molecule has 0 aromatic heterocycles. The molecule has 1 amide bonds. The van der Waals surface area contributed by atoms with Gasteiger partial charge in [-0.2, -0.15) is 0 Å². The van der Waals surface area contributed by atoms with Gasteiger partial charge in [-0.25, -0.2) is 0 Å². The lowest BCUT2D eigenvalue weighted by Gasteiger charge is -2.23. The molecule has 0 bridgehead atoms. The predicted molar refractivity (Wildman–Crippen MR) is 119 cm³/mol. The highest BCUT2D eigenvalue weighted by Gasteiger charge is 2.26. The van der Waals surface area contributed by atoms with Gasteiger partial charge in [0.25, 0.3) is 0 Å². The topological polar surface area (TPSA) is 107 Å². The van der Waals surface area contributed by atoms with Crippen LogP contribution >= 0.6 is 0 Å². The van der Waals surface area contributed by atoms with Gasteiger partial charge in [0, 0.05) is 5.92 Å². The van der Waals surface area contributed by atoms with E-state index in [1.807, 2.05) is 19.9 Å². The number of allylic oxidation sites excluding steroid dienone is 5. The highest BCUT2D eigenvalue weighted by Crippen LogP contribution is 2.16. The normalized spacial score (nSPS) is 35.5. The summed E-state index contributed by atoms with van der Waals surface area (Å²) in [7, 11) is 0. The van der Waals surface area contributed by atoms with Crippen molar-refractivity contribution in [1.82, 2.24) is 5.32 Å². The number of hydrogen-bond donors (Lipinski definition) is 4. The van der Waals surface area contributed by atoms with Crippen LogP contribution in [0.4, 0.5) is 0 Å². The molecule has 0 radical (unpaired) electrons. The van der Waals surface area contributed by atoms with Crippen molar-refractivity contribution < 1.29 is 24.9 Å². The van der Waals surface area contributed by atoms with E-state index in [1.54, 1.807) is 50.3 Å². The Labute approximate surface area is 179 Å². The number of nitrogens with one attached hydrogen (secondary N) is 1. The molecule has 0 spiro atoms. The molecule has 1 aliphatic rings. The zero-order valence-electron chi connectivity index (χ0n) is 18.5. The summed E-state index contributed by atoms with van der Waals surface area (Å²) in [5.41, 5.74) is 2.19. The van der Waals surface area contributed by atoms with Crippen LogP contribution in [0.2, 0.25) is 0 Å². The minimum atomic E-state index is -1.20. The number of rotatable bonds is 2. The van der Waals surface area contributed by atoms with Gasteiger partial charge in [0.2, 0.25) is 5.91 Å². The lowest BCUT2D eigenvalue weighted by atomic mass is 9.90. The molecule has 4 N–H and O–H groups in total. The fraction of sp³-hybridized carbons (Fsp3) is 0.500. The van der Waals surface area contributed by atoms with Gasteiger partial charge in [-0.1, -0.05) is 60.6 Å². The molecule has 0 saturated carbocycles. The quantitative estimate of drug-likeness (QED) is 0.552. The monoisotopic (exact) mass is 417 g/mol.